The van der Waals surface area contributed by atoms with Crippen molar-refractivity contribution in [2.45, 2.75) is 6.42 Å². The lowest BCUT2D eigenvalue weighted by Gasteiger charge is -2.04. The van der Waals surface area contributed by atoms with E-state index in [2.05, 4.69) is 20.6 Å². The number of nitrogens with zero attached hydrogens (tertiary/aromatic N) is 3. The fourth-order valence-corrected chi connectivity index (χ4v) is 2.36. The fraction of sp³-hybridized carbons (Fsp3) is 0.364. The zero-order valence-corrected chi connectivity index (χ0v) is 11.6. The summed E-state index contributed by atoms with van der Waals surface area (Å²) in [7, 11) is 3.66. The summed E-state index contributed by atoms with van der Waals surface area (Å²) >= 11 is 1.24. The summed E-state index contributed by atoms with van der Waals surface area (Å²) in [6.07, 6.45) is 4.28. The number of aromatic nitrogens is 3. The van der Waals surface area contributed by atoms with Gasteiger partial charge in [0.1, 0.15) is 16.5 Å². The van der Waals surface area contributed by atoms with Crippen molar-refractivity contribution in [2.24, 2.45) is 7.05 Å². The molecular weight excluding hydrogens is 264 g/mol. The van der Waals surface area contributed by atoms with Gasteiger partial charge in [0, 0.05) is 39.5 Å². The molecule has 0 saturated heterocycles. The Kier molecular flexibility index (Phi) is 4.00. The minimum atomic E-state index is -0.203. The van der Waals surface area contributed by atoms with E-state index in [0.717, 1.165) is 5.82 Å². The van der Waals surface area contributed by atoms with Crippen LogP contribution in [0, 0.1) is 0 Å². The molecule has 2 aromatic rings. The van der Waals surface area contributed by atoms with Crippen LogP contribution < -0.4 is 16.4 Å². The predicted octanol–water partition coefficient (Wildman–Crippen LogP) is 0.473. The third-order valence-electron chi connectivity index (χ3n) is 2.63. The van der Waals surface area contributed by atoms with E-state index in [0.29, 0.717) is 23.0 Å². The second kappa shape index (κ2) is 5.70. The van der Waals surface area contributed by atoms with Gasteiger partial charge < -0.3 is 20.9 Å². The van der Waals surface area contributed by atoms with E-state index in [1.165, 1.54) is 11.3 Å². The Balaban J connectivity index is 1.90. The summed E-state index contributed by atoms with van der Waals surface area (Å²) in [6, 6.07) is 0. The van der Waals surface area contributed by atoms with Gasteiger partial charge in [0.05, 0.1) is 0 Å². The molecule has 0 fully saturated rings. The van der Waals surface area contributed by atoms with Crippen LogP contribution in [-0.2, 0) is 13.5 Å². The van der Waals surface area contributed by atoms with Crippen LogP contribution in [0.4, 0.5) is 10.9 Å². The molecule has 0 spiro atoms. The largest absolute Gasteiger partial charge is 0.382 e. The topological polar surface area (TPSA) is 97.9 Å². The first kappa shape index (κ1) is 13.3. The second-order valence-electron chi connectivity index (χ2n) is 3.94. The number of hydrogen-bond donors (Lipinski definition) is 3. The van der Waals surface area contributed by atoms with Gasteiger partial charge in [-0.25, -0.2) is 9.97 Å². The summed E-state index contributed by atoms with van der Waals surface area (Å²) in [4.78, 5) is 20.6. The average Bonchev–Trinajstić information content (AvgIpc) is 2.96. The van der Waals surface area contributed by atoms with E-state index in [1.54, 1.807) is 13.2 Å². The van der Waals surface area contributed by atoms with Gasteiger partial charge in [0.25, 0.3) is 5.91 Å². The molecule has 0 aliphatic rings. The van der Waals surface area contributed by atoms with E-state index in [-0.39, 0.29) is 11.7 Å². The van der Waals surface area contributed by atoms with Gasteiger partial charge in [-0.15, -0.1) is 0 Å². The smallest absolute Gasteiger partial charge is 0.265 e. The van der Waals surface area contributed by atoms with Gasteiger partial charge in [-0.2, -0.15) is 0 Å². The fourth-order valence-electron chi connectivity index (χ4n) is 1.61. The normalized spacial score (nSPS) is 10.4. The molecule has 0 aliphatic heterocycles. The molecule has 19 heavy (non-hydrogen) atoms. The number of aryl methyl sites for hydroxylation is 1. The Morgan fingerprint density at radius 1 is 1.58 bits per heavy atom. The van der Waals surface area contributed by atoms with Gasteiger partial charge in [-0.3, -0.25) is 4.79 Å². The molecule has 0 aromatic carbocycles. The quantitative estimate of drug-likeness (QED) is 0.739. The molecule has 102 valence electrons. The maximum Gasteiger partial charge on any atom is 0.265 e. The van der Waals surface area contributed by atoms with Crippen molar-refractivity contribution < 1.29 is 4.79 Å². The van der Waals surface area contributed by atoms with E-state index in [9.17, 15) is 4.79 Å². The Morgan fingerprint density at radius 2 is 2.37 bits per heavy atom. The van der Waals surface area contributed by atoms with Crippen molar-refractivity contribution in [3.05, 3.63) is 23.1 Å². The lowest BCUT2D eigenvalue weighted by Crippen LogP contribution is -2.26. The van der Waals surface area contributed by atoms with Crippen LogP contribution in [0.3, 0.4) is 0 Å². The van der Waals surface area contributed by atoms with Crippen molar-refractivity contribution in [3.63, 3.8) is 0 Å². The highest BCUT2D eigenvalue weighted by atomic mass is 32.1. The Hall–Kier alpha value is -2.09. The lowest BCUT2D eigenvalue weighted by atomic mass is 10.4. The molecule has 0 radical (unpaired) electrons. The Labute approximate surface area is 114 Å². The lowest BCUT2D eigenvalue weighted by molar-refractivity contribution is 0.0958. The summed E-state index contributed by atoms with van der Waals surface area (Å²) < 4.78 is 1.92. The number of hydrogen-bond acceptors (Lipinski definition) is 6. The molecule has 2 heterocycles. The summed E-state index contributed by atoms with van der Waals surface area (Å²) in [5, 5.41) is 6.31. The number of anilines is 2. The van der Waals surface area contributed by atoms with Crippen molar-refractivity contribution in [1.29, 1.82) is 0 Å². The molecule has 0 unspecified atom stereocenters. The van der Waals surface area contributed by atoms with E-state index in [4.69, 9.17) is 5.73 Å². The second-order valence-corrected chi connectivity index (χ2v) is 4.94. The van der Waals surface area contributed by atoms with E-state index >= 15 is 0 Å². The minimum Gasteiger partial charge on any atom is -0.382 e. The van der Waals surface area contributed by atoms with Gasteiger partial charge >= 0.3 is 0 Å². The number of thiazole rings is 1. The maximum atomic E-state index is 11.9. The number of nitrogens with two attached hydrogens (primary N) is 1. The van der Waals surface area contributed by atoms with E-state index < -0.39 is 0 Å². The third kappa shape index (κ3) is 3.02. The summed E-state index contributed by atoms with van der Waals surface area (Å²) in [5.74, 6) is 0.975. The number of nitrogens with one attached hydrogen (secondary N) is 2. The number of imidazole rings is 1. The molecule has 7 nitrogen and oxygen atoms in total. The van der Waals surface area contributed by atoms with Crippen LogP contribution >= 0.6 is 11.3 Å². The van der Waals surface area contributed by atoms with Gasteiger partial charge in [0.15, 0.2) is 5.13 Å². The average molecular weight is 280 g/mol. The summed E-state index contributed by atoms with van der Waals surface area (Å²) in [6.45, 7) is 0.510. The molecule has 8 heteroatoms. The molecular formula is C11H16N6OS. The van der Waals surface area contributed by atoms with Crippen LogP contribution in [-0.4, -0.2) is 34.0 Å². The summed E-state index contributed by atoms with van der Waals surface area (Å²) in [5.41, 5.74) is 5.69. The third-order valence-corrected chi connectivity index (χ3v) is 3.72. The van der Waals surface area contributed by atoms with Gasteiger partial charge in [-0.05, 0) is 0 Å². The monoisotopic (exact) mass is 280 g/mol. The van der Waals surface area contributed by atoms with E-state index in [1.807, 2.05) is 17.8 Å². The SMILES string of the molecule is CNc1nc(N)c(C(=O)NCCc2nccn2C)s1. The number of rotatable bonds is 5. The van der Waals surface area contributed by atoms with Crippen molar-refractivity contribution >= 4 is 28.2 Å². The van der Waals surface area contributed by atoms with Crippen LogP contribution in [0.5, 0.6) is 0 Å². The number of carbonyl (C=O) groups is 1. The van der Waals surface area contributed by atoms with Crippen LogP contribution in [0.15, 0.2) is 12.4 Å². The van der Waals surface area contributed by atoms with Crippen LogP contribution in [0.25, 0.3) is 0 Å². The first-order valence-corrected chi connectivity index (χ1v) is 6.62. The molecule has 0 bridgehead atoms. The highest BCUT2D eigenvalue weighted by Crippen LogP contribution is 2.24. The number of nitrogen functional groups attached to an aromatic ring is 1. The molecule has 1 amide bonds. The van der Waals surface area contributed by atoms with Gasteiger partial charge in [0.2, 0.25) is 0 Å². The Morgan fingerprint density at radius 3 is 2.95 bits per heavy atom. The maximum absolute atomic E-state index is 11.9. The first-order chi connectivity index (χ1) is 9.11. The van der Waals surface area contributed by atoms with Crippen molar-refractivity contribution in [3.8, 4) is 0 Å². The van der Waals surface area contributed by atoms with Gasteiger partial charge in [-0.1, -0.05) is 11.3 Å². The zero-order chi connectivity index (χ0) is 13.8. The van der Waals surface area contributed by atoms with Crippen LogP contribution in [0.1, 0.15) is 15.5 Å². The van der Waals surface area contributed by atoms with Crippen LogP contribution in [0.2, 0.25) is 0 Å². The minimum absolute atomic E-state index is 0.203. The standard InChI is InChI=1S/C11H16N6OS/c1-13-11-16-9(12)8(19-11)10(18)15-4-3-7-14-5-6-17(7)2/h5-6H,3-4,12H2,1-2H3,(H,13,16)(H,15,18). The molecule has 2 rings (SSSR count). The molecule has 0 saturated carbocycles. The predicted molar refractivity (Wildman–Crippen MR) is 75.3 cm³/mol. The first-order valence-electron chi connectivity index (χ1n) is 5.80. The molecule has 2 aromatic heterocycles. The highest BCUT2D eigenvalue weighted by molar-refractivity contribution is 7.18. The molecule has 0 aliphatic carbocycles. The molecule has 0 atom stereocenters. The number of amides is 1. The Bertz CT molecular complexity index is 576. The highest BCUT2D eigenvalue weighted by Gasteiger charge is 2.15. The zero-order valence-electron chi connectivity index (χ0n) is 10.8. The molecule has 4 N–H and O–H groups in total. The van der Waals surface area contributed by atoms with Crippen molar-refractivity contribution in [1.82, 2.24) is 19.9 Å². The number of carbonyl (C=O) groups excluding carboxylic acids is 1. The van der Waals surface area contributed by atoms with Crippen molar-refractivity contribution in [2.75, 3.05) is 24.6 Å².